The highest BCUT2D eigenvalue weighted by atomic mass is 16.5. The number of nitrogens with zero attached hydrogens (tertiary/aromatic N) is 1. The Balaban J connectivity index is 1.90. The van der Waals surface area contributed by atoms with Crippen LogP contribution in [-0.4, -0.2) is 50.1 Å². The number of ether oxygens (including phenoxy) is 1. The smallest absolute Gasteiger partial charge is 0.253 e. The maximum absolute atomic E-state index is 12.5. The summed E-state index contributed by atoms with van der Waals surface area (Å²) in [6.45, 7) is 5.03. The van der Waals surface area contributed by atoms with Crippen molar-refractivity contribution in [1.82, 2.24) is 10.2 Å². The molecule has 5 nitrogen and oxygen atoms in total. The first kappa shape index (κ1) is 17.5. The molecule has 1 aliphatic heterocycles. The fraction of sp³-hybridized carbons (Fsp3) is 0.556. The summed E-state index contributed by atoms with van der Waals surface area (Å²) in [6.07, 6.45) is 3.03. The third-order valence-corrected chi connectivity index (χ3v) is 4.15. The van der Waals surface area contributed by atoms with Crippen molar-refractivity contribution in [2.45, 2.75) is 26.2 Å². The first-order valence-electron chi connectivity index (χ1n) is 8.28. The molecular formula is C18H26N2O3. The molecule has 126 valence electrons. The molecule has 0 aliphatic carbocycles. The summed E-state index contributed by atoms with van der Waals surface area (Å²) in [7, 11) is 1.64. The number of carbonyl (C=O) groups excluding carboxylic acids is 2. The Morgan fingerprint density at radius 2 is 1.96 bits per heavy atom. The normalized spacial score (nSPS) is 17.8. The molecule has 1 unspecified atom stereocenters. The van der Waals surface area contributed by atoms with Gasteiger partial charge in [-0.25, -0.2) is 0 Å². The Labute approximate surface area is 138 Å². The summed E-state index contributed by atoms with van der Waals surface area (Å²) < 4.78 is 4.94. The topological polar surface area (TPSA) is 58.6 Å². The van der Waals surface area contributed by atoms with E-state index in [9.17, 15) is 9.59 Å². The fourth-order valence-electron chi connectivity index (χ4n) is 2.84. The summed E-state index contributed by atoms with van der Waals surface area (Å²) >= 11 is 0. The zero-order valence-electron chi connectivity index (χ0n) is 14.0. The van der Waals surface area contributed by atoms with E-state index in [4.69, 9.17) is 4.74 Å². The molecule has 0 radical (unpaired) electrons. The zero-order valence-corrected chi connectivity index (χ0v) is 14.0. The van der Waals surface area contributed by atoms with Crippen molar-refractivity contribution in [2.75, 3.05) is 33.4 Å². The van der Waals surface area contributed by atoms with Gasteiger partial charge in [0.15, 0.2) is 0 Å². The Bertz CT molecular complexity index is 528. The zero-order chi connectivity index (χ0) is 16.7. The van der Waals surface area contributed by atoms with Crippen LogP contribution < -0.4 is 5.32 Å². The highest BCUT2D eigenvalue weighted by Crippen LogP contribution is 2.18. The van der Waals surface area contributed by atoms with E-state index in [2.05, 4.69) is 12.2 Å². The predicted octanol–water partition coefficient (Wildman–Crippen LogP) is 2.33. The first-order chi connectivity index (χ1) is 11.1. The van der Waals surface area contributed by atoms with E-state index < -0.39 is 0 Å². The van der Waals surface area contributed by atoms with E-state index in [0.29, 0.717) is 30.2 Å². The molecule has 2 rings (SSSR count). The van der Waals surface area contributed by atoms with Gasteiger partial charge < -0.3 is 15.0 Å². The van der Waals surface area contributed by atoms with Gasteiger partial charge in [-0.05, 0) is 49.4 Å². The molecule has 1 N–H and O–H groups in total. The molecule has 1 saturated heterocycles. The van der Waals surface area contributed by atoms with Crippen molar-refractivity contribution in [3.8, 4) is 0 Å². The Kier molecular flexibility index (Phi) is 6.59. The minimum Gasteiger partial charge on any atom is -0.385 e. The van der Waals surface area contributed by atoms with Crippen molar-refractivity contribution in [3.63, 3.8) is 0 Å². The van der Waals surface area contributed by atoms with Crippen LogP contribution in [0.5, 0.6) is 0 Å². The third kappa shape index (κ3) is 5.06. The second-order valence-electron chi connectivity index (χ2n) is 6.18. The molecular weight excluding hydrogens is 292 g/mol. The molecule has 1 fully saturated rings. The van der Waals surface area contributed by atoms with Crippen molar-refractivity contribution in [2.24, 2.45) is 5.92 Å². The lowest BCUT2D eigenvalue weighted by molar-refractivity contribution is 0.0682. The van der Waals surface area contributed by atoms with Gasteiger partial charge in [0.05, 0.1) is 0 Å². The largest absolute Gasteiger partial charge is 0.385 e. The quantitative estimate of drug-likeness (QED) is 0.819. The van der Waals surface area contributed by atoms with Gasteiger partial charge in [0.1, 0.15) is 0 Å². The molecule has 1 aromatic rings. The second-order valence-corrected chi connectivity index (χ2v) is 6.18. The van der Waals surface area contributed by atoms with Crippen molar-refractivity contribution < 1.29 is 14.3 Å². The van der Waals surface area contributed by atoms with Crippen LogP contribution in [-0.2, 0) is 4.74 Å². The van der Waals surface area contributed by atoms with Gasteiger partial charge >= 0.3 is 0 Å². The lowest BCUT2D eigenvalue weighted by Crippen LogP contribution is -2.39. The number of hydrogen-bond donors (Lipinski definition) is 1. The molecule has 0 bridgehead atoms. The average molecular weight is 318 g/mol. The second kappa shape index (κ2) is 8.67. The molecule has 0 spiro atoms. The third-order valence-electron chi connectivity index (χ3n) is 4.15. The van der Waals surface area contributed by atoms with Crippen LogP contribution >= 0.6 is 0 Å². The van der Waals surface area contributed by atoms with Crippen LogP contribution in [0.15, 0.2) is 24.3 Å². The monoisotopic (exact) mass is 318 g/mol. The minimum atomic E-state index is -0.119. The van der Waals surface area contributed by atoms with Gasteiger partial charge in [0.2, 0.25) is 0 Å². The number of likely N-dealkylation sites (tertiary alicyclic amines) is 1. The lowest BCUT2D eigenvalue weighted by Gasteiger charge is -2.31. The number of carbonyl (C=O) groups is 2. The molecule has 23 heavy (non-hydrogen) atoms. The fourth-order valence-corrected chi connectivity index (χ4v) is 2.84. The molecule has 1 aromatic carbocycles. The van der Waals surface area contributed by atoms with E-state index >= 15 is 0 Å². The summed E-state index contributed by atoms with van der Waals surface area (Å²) in [5.74, 6) is 0.500. The van der Waals surface area contributed by atoms with E-state index in [1.165, 1.54) is 6.42 Å². The maximum Gasteiger partial charge on any atom is 0.253 e. The number of benzene rings is 1. The molecule has 2 amide bonds. The molecule has 0 saturated carbocycles. The minimum absolute atomic E-state index is 0.0589. The predicted molar refractivity (Wildman–Crippen MR) is 89.6 cm³/mol. The van der Waals surface area contributed by atoms with Crippen molar-refractivity contribution in [3.05, 3.63) is 35.4 Å². The van der Waals surface area contributed by atoms with Gasteiger partial charge in [-0.2, -0.15) is 0 Å². The first-order valence-corrected chi connectivity index (χ1v) is 8.28. The molecule has 0 aromatic heterocycles. The van der Waals surface area contributed by atoms with Crippen LogP contribution in [0.3, 0.4) is 0 Å². The van der Waals surface area contributed by atoms with Gasteiger partial charge in [0.25, 0.3) is 11.8 Å². The van der Waals surface area contributed by atoms with E-state index in [0.717, 1.165) is 25.9 Å². The van der Waals surface area contributed by atoms with Crippen molar-refractivity contribution >= 4 is 11.8 Å². The van der Waals surface area contributed by atoms with Gasteiger partial charge in [-0.3, -0.25) is 9.59 Å². The Hall–Kier alpha value is -1.88. The number of amides is 2. The average Bonchev–Trinajstić information content (AvgIpc) is 2.58. The molecule has 1 heterocycles. The van der Waals surface area contributed by atoms with Crippen LogP contribution in [0, 0.1) is 5.92 Å². The van der Waals surface area contributed by atoms with Gasteiger partial charge in [-0.1, -0.05) is 6.92 Å². The van der Waals surface area contributed by atoms with E-state index in [-0.39, 0.29) is 11.8 Å². The van der Waals surface area contributed by atoms with Crippen LogP contribution in [0.1, 0.15) is 46.9 Å². The van der Waals surface area contributed by atoms with Crippen LogP contribution in [0.25, 0.3) is 0 Å². The highest BCUT2D eigenvalue weighted by Gasteiger charge is 2.22. The summed E-state index contributed by atoms with van der Waals surface area (Å²) in [5, 5.41) is 2.84. The molecule has 5 heteroatoms. The van der Waals surface area contributed by atoms with E-state index in [1.807, 2.05) is 4.90 Å². The van der Waals surface area contributed by atoms with Gasteiger partial charge in [-0.15, -0.1) is 0 Å². The Morgan fingerprint density at radius 3 is 2.61 bits per heavy atom. The summed E-state index contributed by atoms with van der Waals surface area (Å²) in [5.41, 5.74) is 1.22. The molecule has 1 atom stereocenters. The maximum atomic E-state index is 12.5. The lowest BCUT2D eigenvalue weighted by atomic mass is 9.99. The van der Waals surface area contributed by atoms with Crippen molar-refractivity contribution in [1.29, 1.82) is 0 Å². The number of nitrogens with one attached hydrogen (secondary N) is 1. The number of piperidine rings is 1. The SMILES string of the molecule is COCCCNC(=O)c1ccc(C(=O)N2CCCC(C)C2)cc1. The van der Waals surface area contributed by atoms with Gasteiger partial charge in [0, 0.05) is 44.5 Å². The number of rotatable bonds is 6. The molecule has 1 aliphatic rings. The Morgan fingerprint density at radius 1 is 1.26 bits per heavy atom. The summed E-state index contributed by atoms with van der Waals surface area (Å²) in [4.78, 5) is 26.4. The summed E-state index contributed by atoms with van der Waals surface area (Å²) in [6, 6.07) is 6.91. The number of methoxy groups -OCH3 is 1. The van der Waals surface area contributed by atoms with Crippen LogP contribution in [0.4, 0.5) is 0 Å². The number of hydrogen-bond acceptors (Lipinski definition) is 3. The van der Waals surface area contributed by atoms with E-state index in [1.54, 1.807) is 31.4 Å². The van der Waals surface area contributed by atoms with Crippen LogP contribution in [0.2, 0.25) is 0 Å². The standard InChI is InChI=1S/C18H26N2O3/c1-14-5-3-11-20(13-14)18(22)16-8-6-15(7-9-16)17(21)19-10-4-12-23-2/h6-9,14H,3-5,10-13H2,1-2H3,(H,19,21). The highest BCUT2D eigenvalue weighted by molar-refractivity contribution is 5.97.